The third-order valence-corrected chi connectivity index (χ3v) is 3.81. The van der Waals surface area contributed by atoms with Gasteiger partial charge in [-0.1, -0.05) is 18.2 Å². The zero-order valence-corrected chi connectivity index (χ0v) is 12.3. The molecule has 21 heavy (non-hydrogen) atoms. The van der Waals surface area contributed by atoms with Crippen molar-refractivity contribution < 1.29 is 17.9 Å². The van der Waals surface area contributed by atoms with Gasteiger partial charge in [0, 0.05) is 11.9 Å². The molecular weight excluding hydrogens is 290 g/mol. The van der Waals surface area contributed by atoms with Crippen LogP contribution in [0.25, 0.3) is 0 Å². The number of para-hydroxylation sites is 1. The summed E-state index contributed by atoms with van der Waals surface area (Å²) >= 11 is 0. The number of carbonyl (C=O) groups excluding carboxylic acids is 1. The predicted octanol–water partition coefficient (Wildman–Crippen LogP) is 2.11. The van der Waals surface area contributed by atoms with E-state index >= 15 is 0 Å². The second kappa shape index (κ2) is 6.41. The van der Waals surface area contributed by atoms with Gasteiger partial charge in [0.05, 0.1) is 4.90 Å². The Morgan fingerprint density at radius 2 is 1.67 bits per heavy atom. The van der Waals surface area contributed by atoms with Crippen molar-refractivity contribution in [3.8, 4) is 5.75 Å². The minimum Gasteiger partial charge on any atom is -0.484 e. The summed E-state index contributed by atoms with van der Waals surface area (Å²) in [4.78, 5) is 11.9. The Bertz CT molecular complexity index is 709. The van der Waals surface area contributed by atoms with E-state index < -0.39 is 9.84 Å². The van der Waals surface area contributed by atoms with Crippen molar-refractivity contribution >= 4 is 21.4 Å². The molecule has 1 N–H and O–H groups in total. The first-order valence-corrected chi connectivity index (χ1v) is 8.12. The van der Waals surface area contributed by atoms with Gasteiger partial charge >= 0.3 is 0 Å². The lowest BCUT2D eigenvalue weighted by molar-refractivity contribution is -0.118. The fraction of sp³-hybridized carbons (Fsp3) is 0.133. The summed E-state index contributed by atoms with van der Waals surface area (Å²) < 4.78 is 27.9. The predicted molar refractivity (Wildman–Crippen MR) is 80.1 cm³/mol. The number of amides is 1. The molecule has 0 aliphatic heterocycles. The topological polar surface area (TPSA) is 72.5 Å². The maximum atomic E-state index is 11.7. The molecule has 6 heteroatoms. The van der Waals surface area contributed by atoms with Crippen LogP contribution >= 0.6 is 0 Å². The van der Waals surface area contributed by atoms with E-state index in [0.29, 0.717) is 11.4 Å². The van der Waals surface area contributed by atoms with E-state index in [2.05, 4.69) is 5.32 Å². The van der Waals surface area contributed by atoms with Crippen molar-refractivity contribution in [2.45, 2.75) is 4.90 Å². The first kappa shape index (κ1) is 15.1. The molecule has 1 amide bonds. The number of benzene rings is 2. The van der Waals surface area contributed by atoms with Gasteiger partial charge in [-0.2, -0.15) is 0 Å². The smallest absolute Gasteiger partial charge is 0.262 e. The average Bonchev–Trinajstić information content (AvgIpc) is 2.46. The Kier molecular flexibility index (Phi) is 4.59. The second-order valence-corrected chi connectivity index (χ2v) is 6.46. The van der Waals surface area contributed by atoms with Gasteiger partial charge in [-0.3, -0.25) is 4.79 Å². The van der Waals surface area contributed by atoms with E-state index in [-0.39, 0.29) is 17.4 Å². The first-order chi connectivity index (χ1) is 9.95. The number of sulfone groups is 1. The fourth-order valence-electron chi connectivity index (χ4n) is 1.65. The number of carbonyl (C=O) groups is 1. The minimum atomic E-state index is -3.23. The highest BCUT2D eigenvalue weighted by Crippen LogP contribution is 2.14. The van der Waals surface area contributed by atoms with Crippen molar-refractivity contribution in [1.29, 1.82) is 0 Å². The minimum absolute atomic E-state index is 0.113. The summed E-state index contributed by atoms with van der Waals surface area (Å²) in [5.41, 5.74) is 0.518. The maximum Gasteiger partial charge on any atom is 0.262 e. The fourth-order valence-corrected chi connectivity index (χ4v) is 2.28. The quantitative estimate of drug-likeness (QED) is 0.918. The zero-order valence-electron chi connectivity index (χ0n) is 11.4. The SMILES string of the molecule is CS(=O)(=O)c1ccc(NC(=O)COc2ccccc2)cc1. The molecule has 0 radical (unpaired) electrons. The molecule has 2 aromatic carbocycles. The number of nitrogens with one attached hydrogen (secondary N) is 1. The maximum absolute atomic E-state index is 11.7. The van der Waals surface area contributed by atoms with E-state index in [9.17, 15) is 13.2 Å². The number of hydrogen-bond acceptors (Lipinski definition) is 4. The highest BCUT2D eigenvalue weighted by molar-refractivity contribution is 7.90. The van der Waals surface area contributed by atoms with Crippen LogP contribution in [0.3, 0.4) is 0 Å². The lowest BCUT2D eigenvalue weighted by Crippen LogP contribution is -2.20. The van der Waals surface area contributed by atoms with Crippen LogP contribution < -0.4 is 10.1 Å². The Hall–Kier alpha value is -2.34. The number of anilines is 1. The second-order valence-electron chi connectivity index (χ2n) is 4.45. The first-order valence-electron chi connectivity index (χ1n) is 6.23. The van der Waals surface area contributed by atoms with Gasteiger partial charge in [-0.05, 0) is 36.4 Å². The van der Waals surface area contributed by atoms with Gasteiger partial charge in [0.2, 0.25) is 0 Å². The number of ether oxygens (including phenoxy) is 1. The summed E-state index contributed by atoms with van der Waals surface area (Å²) in [6, 6.07) is 15.0. The molecule has 0 atom stereocenters. The van der Waals surface area contributed by atoms with Gasteiger partial charge in [0.1, 0.15) is 5.75 Å². The molecule has 5 nitrogen and oxygen atoms in total. The molecule has 0 fully saturated rings. The molecule has 0 saturated heterocycles. The normalized spacial score (nSPS) is 10.9. The largest absolute Gasteiger partial charge is 0.484 e. The van der Waals surface area contributed by atoms with Crippen LogP contribution in [0.4, 0.5) is 5.69 Å². The van der Waals surface area contributed by atoms with Crippen LogP contribution in [0.2, 0.25) is 0 Å². The summed E-state index contributed by atoms with van der Waals surface area (Å²) in [6.45, 7) is -0.113. The molecule has 0 bridgehead atoms. The van der Waals surface area contributed by atoms with E-state index in [1.807, 2.05) is 18.2 Å². The number of rotatable bonds is 5. The van der Waals surface area contributed by atoms with Crippen LogP contribution in [-0.4, -0.2) is 27.2 Å². The van der Waals surface area contributed by atoms with Crippen LogP contribution in [-0.2, 0) is 14.6 Å². The van der Waals surface area contributed by atoms with Crippen LogP contribution in [0.15, 0.2) is 59.5 Å². The van der Waals surface area contributed by atoms with Gasteiger partial charge < -0.3 is 10.1 Å². The van der Waals surface area contributed by atoms with Crippen molar-refractivity contribution in [2.24, 2.45) is 0 Å². The number of hydrogen-bond donors (Lipinski definition) is 1. The molecule has 0 saturated carbocycles. The third-order valence-electron chi connectivity index (χ3n) is 2.68. The molecule has 110 valence electrons. The van der Waals surface area contributed by atoms with E-state index in [4.69, 9.17) is 4.74 Å². The molecule has 0 aliphatic rings. The molecule has 0 unspecified atom stereocenters. The van der Waals surface area contributed by atoms with E-state index in [1.165, 1.54) is 24.3 Å². The van der Waals surface area contributed by atoms with Crippen LogP contribution in [0, 0.1) is 0 Å². The van der Waals surface area contributed by atoms with Crippen LogP contribution in [0.5, 0.6) is 5.75 Å². The lowest BCUT2D eigenvalue weighted by Gasteiger charge is -2.07. The van der Waals surface area contributed by atoms with Crippen LogP contribution in [0.1, 0.15) is 0 Å². The molecular formula is C15H15NO4S. The van der Waals surface area contributed by atoms with Crippen molar-refractivity contribution in [3.05, 3.63) is 54.6 Å². The van der Waals surface area contributed by atoms with E-state index in [1.54, 1.807) is 12.1 Å². The lowest BCUT2D eigenvalue weighted by atomic mass is 10.3. The van der Waals surface area contributed by atoms with Crippen molar-refractivity contribution in [2.75, 3.05) is 18.2 Å². The van der Waals surface area contributed by atoms with Gasteiger partial charge in [-0.25, -0.2) is 8.42 Å². The standard InChI is InChI=1S/C15H15NO4S/c1-21(18,19)14-9-7-12(8-10-14)16-15(17)11-20-13-5-3-2-4-6-13/h2-10H,11H2,1H3,(H,16,17). The summed E-state index contributed by atoms with van der Waals surface area (Å²) in [6.07, 6.45) is 1.13. The van der Waals surface area contributed by atoms with Gasteiger partial charge in [0.25, 0.3) is 5.91 Å². The summed E-state index contributed by atoms with van der Waals surface area (Å²) in [5.74, 6) is 0.297. The summed E-state index contributed by atoms with van der Waals surface area (Å²) in [7, 11) is -3.23. The molecule has 0 aliphatic carbocycles. The summed E-state index contributed by atoms with van der Waals surface area (Å²) in [5, 5.41) is 2.63. The Morgan fingerprint density at radius 3 is 2.24 bits per heavy atom. The Labute approximate surface area is 123 Å². The molecule has 2 aromatic rings. The monoisotopic (exact) mass is 305 g/mol. The highest BCUT2D eigenvalue weighted by atomic mass is 32.2. The Balaban J connectivity index is 1.91. The average molecular weight is 305 g/mol. The highest BCUT2D eigenvalue weighted by Gasteiger charge is 2.08. The molecule has 0 spiro atoms. The zero-order chi connectivity index (χ0) is 15.3. The van der Waals surface area contributed by atoms with Gasteiger partial charge in [-0.15, -0.1) is 0 Å². The van der Waals surface area contributed by atoms with Gasteiger partial charge in [0.15, 0.2) is 16.4 Å². The molecule has 2 rings (SSSR count). The molecule has 0 aromatic heterocycles. The Morgan fingerprint density at radius 1 is 1.05 bits per heavy atom. The molecule has 0 heterocycles. The van der Waals surface area contributed by atoms with E-state index in [0.717, 1.165) is 6.26 Å². The third kappa shape index (κ3) is 4.61. The van der Waals surface area contributed by atoms with Crippen molar-refractivity contribution in [1.82, 2.24) is 0 Å². The van der Waals surface area contributed by atoms with Crippen molar-refractivity contribution in [3.63, 3.8) is 0 Å².